The number of amides is 1. The van der Waals surface area contributed by atoms with Crippen LogP contribution in [0, 0.1) is 10.1 Å². The minimum Gasteiger partial charge on any atom is -0.450 e. The third-order valence-electron chi connectivity index (χ3n) is 5.18. The molecule has 1 aliphatic rings. The molecule has 0 radical (unpaired) electrons. The highest BCUT2D eigenvalue weighted by molar-refractivity contribution is 7.53. The summed E-state index contributed by atoms with van der Waals surface area (Å²) in [5.41, 5.74) is 0.859. The van der Waals surface area contributed by atoms with E-state index in [0.717, 1.165) is 6.42 Å². The normalized spacial score (nSPS) is 16.5. The monoisotopic (exact) mass is 462 g/mol. The first-order valence-corrected chi connectivity index (χ1v) is 11.6. The molecular weight excluding hydrogens is 435 g/mol. The summed E-state index contributed by atoms with van der Waals surface area (Å²) < 4.78 is 28.2. The van der Waals surface area contributed by atoms with Crippen LogP contribution in [-0.4, -0.2) is 66.4 Å². The zero-order valence-electron chi connectivity index (χ0n) is 18.6. The molecule has 1 heterocycles. The van der Waals surface area contributed by atoms with Gasteiger partial charge in [-0.1, -0.05) is 0 Å². The molecule has 2 aromatic carbocycles. The van der Waals surface area contributed by atoms with E-state index < -0.39 is 12.6 Å². The van der Waals surface area contributed by atoms with E-state index >= 15 is 0 Å². The number of nitro benzene ring substituents is 1. The van der Waals surface area contributed by atoms with Crippen LogP contribution in [0.4, 0.5) is 5.69 Å². The molecule has 0 spiro atoms. The highest BCUT2D eigenvalue weighted by atomic mass is 31.2. The molecule has 3 rings (SSSR count). The van der Waals surface area contributed by atoms with Gasteiger partial charge in [0.25, 0.3) is 5.91 Å². The van der Waals surface area contributed by atoms with Crippen LogP contribution in [0.3, 0.4) is 0 Å². The minimum absolute atomic E-state index is 0.0105. The number of benzene rings is 2. The van der Waals surface area contributed by atoms with Crippen molar-refractivity contribution in [3.8, 4) is 11.5 Å². The summed E-state index contributed by atoms with van der Waals surface area (Å²) in [7, 11) is 3.68. The fourth-order valence-corrected chi connectivity index (χ4v) is 5.35. The largest absolute Gasteiger partial charge is 0.450 e. The van der Waals surface area contributed by atoms with E-state index in [9.17, 15) is 19.5 Å². The Morgan fingerprint density at radius 1 is 1.12 bits per heavy atom. The predicted octanol–water partition coefficient (Wildman–Crippen LogP) is 3.98. The molecule has 172 valence electrons. The summed E-state index contributed by atoms with van der Waals surface area (Å²) >= 11 is 0. The zero-order valence-corrected chi connectivity index (χ0v) is 19.4. The van der Waals surface area contributed by atoms with E-state index in [1.54, 1.807) is 67.9 Å². The number of ether oxygens (including phenoxy) is 1. The molecule has 0 bridgehead atoms. The molecule has 1 aliphatic heterocycles. The van der Waals surface area contributed by atoms with Crippen LogP contribution >= 0.6 is 7.67 Å². The third-order valence-corrected chi connectivity index (χ3v) is 7.77. The molecule has 11 heteroatoms. The van der Waals surface area contributed by atoms with Crippen LogP contribution in [-0.2, 0) is 15.7 Å². The minimum atomic E-state index is -3.14. The van der Waals surface area contributed by atoms with Crippen molar-refractivity contribution in [1.82, 2.24) is 14.2 Å². The van der Waals surface area contributed by atoms with Crippen molar-refractivity contribution in [3.63, 3.8) is 0 Å². The maximum atomic E-state index is 13.2. The Hall–Kier alpha value is -2.78. The fraction of sp³-hybridized carbons (Fsp3) is 0.381. The van der Waals surface area contributed by atoms with E-state index in [2.05, 4.69) is 0 Å². The number of hydrogen-bond donors (Lipinski definition) is 0. The molecule has 10 nitrogen and oxygen atoms in total. The van der Waals surface area contributed by atoms with Gasteiger partial charge in [0, 0.05) is 38.8 Å². The van der Waals surface area contributed by atoms with Gasteiger partial charge < -0.3 is 14.2 Å². The first kappa shape index (κ1) is 23.9. The predicted molar refractivity (Wildman–Crippen MR) is 120 cm³/mol. The lowest BCUT2D eigenvalue weighted by molar-refractivity contribution is -0.385. The SMILES string of the molecule is CN(C)C(=O)c1ccc(Oc2cc(COP3(=O)N(C)CCCN3C)ccc2[N+](=O)[O-])cc1. The maximum Gasteiger partial charge on any atom is 0.345 e. The fourth-order valence-electron chi connectivity index (χ4n) is 3.33. The molecular formula is C21H27N4O6P. The van der Waals surface area contributed by atoms with Crippen molar-refractivity contribution in [2.24, 2.45) is 0 Å². The van der Waals surface area contributed by atoms with Gasteiger partial charge in [-0.25, -0.2) is 9.34 Å². The van der Waals surface area contributed by atoms with Crippen LogP contribution in [0.1, 0.15) is 22.3 Å². The molecule has 2 aromatic rings. The highest BCUT2D eigenvalue weighted by Gasteiger charge is 2.37. The number of hydrogen-bond acceptors (Lipinski definition) is 6. The van der Waals surface area contributed by atoms with Gasteiger partial charge in [0.05, 0.1) is 11.5 Å². The lowest BCUT2D eigenvalue weighted by atomic mass is 10.2. The molecule has 0 saturated carbocycles. The number of nitrogens with zero attached hydrogens (tertiary/aromatic N) is 4. The van der Waals surface area contributed by atoms with Crippen molar-refractivity contribution < 1.29 is 23.5 Å². The summed E-state index contributed by atoms with van der Waals surface area (Å²) in [5.74, 6) is 0.224. The number of carbonyl (C=O) groups excluding carboxylic acids is 1. The lowest BCUT2D eigenvalue weighted by Crippen LogP contribution is -2.35. The van der Waals surface area contributed by atoms with Crippen LogP contribution in [0.2, 0.25) is 0 Å². The van der Waals surface area contributed by atoms with Gasteiger partial charge in [-0.15, -0.1) is 0 Å². The van der Waals surface area contributed by atoms with Gasteiger partial charge in [-0.3, -0.25) is 19.5 Å². The Labute approximate surface area is 187 Å². The molecule has 0 N–H and O–H groups in total. The van der Waals surface area contributed by atoms with Crippen molar-refractivity contribution in [3.05, 3.63) is 63.7 Å². The molecule has 1 fully saturated rings. The molecule has 0 aromatic heterocycles. The van der Waals surface area contributed by atoms with Crippen LogP contribution in [0.15, 0.2) is 42.5 Å². The van der Waals surface area contributed by atoms with Gasteiger partial charge >= 0.3 is 13.4 Å². The Morgan fingerprint density at radius 3 is 2.31 bits per heavy atom. The molecule has 0 atom stereocenters. The Bertz CT molecular complexity index is 1030. The molecule has 32 heavy (non-hydrogen) atoms. The second-order valence-electron chi connectivity index (χ2n) is 7.77. The van der Waals surface area contributed by atoms with Gasteiger partial charge in [-0.05, 0) is 62.5 Å². The average molecular weight is 462 g/mol. The van der Waals surface area contributed by atoms with Gasteiger partial charge in [-0.2, -0.15) is 0 Å². The standard InChI is InChI=1S/C21H27N4O6P/c1-22(2)21(26)17-7-9-18(10-8-17)31-20-14-16(6-11-19(20)25(27)28)15-30-32(29)23(3)12-5-13-24(32)4/h6-11,14H,5,12-13,15H2,1-4H3. The Morgan fingerprint density at radius 2 is 1.75 bits per heavy atom. The van der Waals surface area contributed by atoms with Crippen LogP contribution < -0.4 is 4.74 Å². The molecule has 1 saturated heterocycles. The van der Waals surface area contributed by atoms with Gasteiger partial charge in [0.2, 0.25) is 5.75 Å². The summed E-state index contributed by atoms with van der Waals surface area (Å²) in [6.07, 6.45) is 0.898. The zero-order chi connectivity index (χ0) is 23.5. The van der Waals surface area contributed by atoms with Gasteiger partial charge in [0.15, 0.2) is 0 Å². The number of nitro groups is 1. The lowest BCUT2D eigenvalue weighted by Gasteiger charge is -2.38. The van der Waals surface area contributed by atoms with E-state index in [1.807, 2.05) is 0 Å². The topological polar surface area (TPSA) is 105 Å². The summed E-state index contributed by atoms with van der Waals surface area (Å²) in [4.78, 5) is 24.4. The summed E-state index contributed by atoms with van der Waals surface area (Å²) in [6, 6.07) is 10.7. The second kappa shape index (κ2) is 9.79. The number of rotatable bonds is 7. The van der Waals surface area contributed by atoms with Crippen molar-refractivity contribution >= 4 is 19.3 Å². The first-order chi connectivity index (χ1) is 15.1. The summed E-state index contributed by atoms with van der Waals surface area (Å²) in [6.45, 7) is 1.35. The van der Waals surface area contributed by atoms with Gasteiger partial charge in [0.1, 0.15) is 5.75 Å². The first-order valence-electron chi connectivity index (χ1n) is 10.1. The Kier molecular flexibility index (Phi) is 7.30. The molecule has 0 unspecified atom stereocenters. The average Bonchev–Trinajstić information content (AvgIpc) is 2.76. The smallest absolute Gasteiger partial charge is 0.345 e. The maximum absolute atomic E-state index is 13.2. The molecule has 1 amide bonds. The van der Waals surface area contributed by atoms with Crippen molar-refractivity contribution in [1.29, 1.82) is 0 Å². The van der Waals surface area contributed by atoms with Crippen molar-refractivity contribution in [2.45, 2.75) is 13.0 Å². The van der Waals surface area contributed by atoms with E-state index in [4.69, 9.17) is 9.26 Å². The quantitative estimate of drug-likeness (QED) is 0.346. The van der Waals surface area contributed by atoms with E-state index in [-0.39, 0.29) is 24.0 Å². The van der Waals surface area contributed by atoms with E-state index in [1.165, 1.54) is 17.0 Å². The number of carbonyl (C=O) groups is 1. The van der Waals surface area contributed by atoms with Crippen LogP contribution in [0.5, 0.6) is 11.5 Å². The summed E-state index contributed by atoms with van der Waals surface area (Å²) in [5, 5.41) is 11.5. The second-order valence-corrected chi connectivity index (χ2v) is 10.4. The van der Waals surface area contributed by atoms with Crippen LogP contribution in [0.25, 0.3) is 0 Å². The van der Waals surface area contributed by atoms with E-state index in [0.29, 0.717) is 30.0 Å². The molecule has 0 aliphatic carbocycles. The van der Waals surface area contributed by atoms with Crippen molar-refractivity contribution in [2.75, 3.05) is 41.3 Å². The Balaban J connectivity index is 1.80. The highest BCUT2D eigenvalue weighted by Crippen LogP contribution is 2.55. The third kappa shape index (κ3) is 5.16.